The number of nitrogens with one attached hydrogen (secondary N) is 2. The van der Waals surface area contributed by atoms with Gasteiger partial charge in [0.15, 0.2) is 0 Å². The zero-order valence-electron chi connectivity index (χ0n) is 14.6. The van der Waals surface area contributed by atoms with Gasteiger partial charge < -0.3 is 15.2 Å². The van der Waals surface area contributed by atoms with Crippen molar-refractivity contribution < 1.29 is 9.59 Å². The Morgan fingerprint density at radius 3 is 2.93 bits per heavy atom. The van der Waals surface area contributed by atoms with Crippen LogP contribution in [0.5, 0.6) is 0 Å². The Kier molecular flexibility index (Phi) is 3.72. The van der Waals surface area contributed by atoms with E-state index in [1.807, 2.05) is 47.4 Å². The second-order valence-corrected chi connectivity index (χ2v) is 7.61. The Hall–Kier alpha value is -2.79. The van der Waals surface area contributed by atoms with E-state index >= 15 is 0 Å². The molecule has 5 nitrogen and oxygen atoms in total. The molecule has 136 valence electrons. The van der Waals surface area contributed by atoms with Gasteiger partial charge in [0, 0.05) is 58.8 Å². The highest BCUT2D eigenvalue weighted by Gasteiger charge is 2.35. The van der Waals surface area contributed by atoms with E-state index in [9.17, 15) is 9.59 Å². The average Bonchev–Trinajstić information content (AvgIpc) is 3.03. The third kappa shape index (κ3) is 2.70. The Morgan fingerprint density at radius 1 is 1.19 bits per heavy atom. The van der Waals surface area contributed by atoms with E-state index in [0.29, 0.717) is 18.1 Å². The normalized spacial score (nSPS) is 18.8. The van der Waals surface area contributed by atoms with Crippen LogP contribution < -0.4 is 5.32 Å². The van der Waals surface area contributed by atoms with Gasteiger partial charge in [-0.15, -0.1) is 0 Å². The summed E-state index contributed by atoms with van der Waals surface area (Å²) in [5, 5.41) is 4.61. The van der Waals surface area contributed by atoms with Crippen LogP contribution in [0.2, 0.25) is 5.02 Å². The topological polar surface area (TPSA) is 65.2 Å². The fourth-order valence-electron chi connectivity index (χ4n) is 4.23. The van der Waals surface area contributed by atoms with Crippen LogP contribution in [0.4, 0.5) is 5.69 Å². The predicted octanol–water partition coefficient (Wildman–Crippen LogP) is 3.83. The van der Waals surface area contributed by atoms with Crippen LogP contribution in [0.3, 0.4) is 0 Å². The molecule has 1 atom stereocenters. The van der Waals surface area contributed by atoms with Gasteiger partial charge in [-0.1, -0.05) is 29.8 Å². The van der Waals surface area contributed by atoms with Crippen molar-refractivity contribution in [2.24, 2.45) is 0 Å². The number of halogens is 1. The molecule has 2 N–H and O–H groups in total. The molecule has 1 aromatic heterocycles. The second-order valence-electron chi connectivity index (χ2n) is 7.17. The van der Waals surface area contributed by atoms with Gasteiger partial charge in [-0.2, -0.15) is 0 Å². The summed E-state index contributed by atoms with van der Waals surface area (Å²) in [6.45, 7) is 1.18. The molecule has 3 heterocycles. The van der Waals surface area contributed by atoms with Crippen LogP contribution in [0.25, 0.3) is 10.9 Å². The largest absolute Gasteiger partial charge is 0.358 e. The number of aromatic amines is 1. The fourth-order valence-corrected chi connectivity index (χ4v) is 4.40. The molecule has 1 unspecified atom stereocenters. The lowest BCUT2D eigenvalue weighted by Gasteiger charge is -2.33. The van der Waals surface area contributed by atoms with E-state index in [-0.39, 0.29) is 18.2 Å². The van der Waals surface area contributed by atoms with Gasteiger partial charge in [0.05, 0.1) is 5.92 Å². The molecule has 2 aliphatic rings. The summed E-state index contributed by atoms with van der Waals surface area (Å²) < 4.78 is 0. The van der Waals surface area contributed by atoms with Crippen LogP contribution in [0, 0.1) is 0 Å². The summed E-state index contributed by atoms with van der Waals surface area (Å²) in [5.74, 6) is -0.520. The highest BCUT2D eigenvalue weighted by Crippen LogP contribution is 2.36. The first-order valence-corrected chi connectivity index (χ1v) is 9.44. The van der Waals surface area contributed by atoms with E-state index in [2.05, 4.69) is 10.3 Å². The predicted molar refractivity (Wildman–Crippen MR) is 105 cm³/mol. The maximum absolute atomic E-state index is 13.3. The second kappa shape index (κ2) is 6.13. The van der Waals surface area contributed by atoms with Gasteiger partial charge in [-0.25, -0.2) is 0 Å². The number of amides is 2. The number of hydrogen-bond acceptors (Lipinski definition) is 2. The number of rotatable bonds is 1. The first-order chi connectivity index (χ1) is 13.1. The fraction of sp³-hybridized carbons (Fsp3) is 0.238. The van der Waals surface area contributed by atoms with Crippen LogP contribution in [0.1, 0.15) is 29.2 Å². The highest BCUT2D eigenvalue weighted by atomic mass is 35.5. The molecule has 0 saturated heterocycles. The summed E-state index contributed by atoms with van der Waals surface area (Å²) in [6, 6.07) is 13.3. The van der Waals surface area contributed by atoms with Gasteiger partial charge in [0.25, 0.3) is 0 Å². The highest BCUT2D eigenvalue weighted by molar-refractivity contribution is 6.31. The minimum absolute atomic E-state index is 0.0133. The number of para-hydroxylation sites is 1. The Morgan fingerprint density at radius 2 is 2.04 bits per heavy atom. The Balaban J connectivity index is 1.48. The molecular weight excluding hydrogens is 362 g/mol. The first kappa shape index (κ1) is 16.4. The third-order valence-corrected chi connectivity index (χ3v) is 5.78. The van der Waals surface area contributed by atoms with E-state index in [0.717, 1.165) is 39.8 Å². The number of H-pyrrole nitrogens is 1. The molecule has 3 aromatic rings. The summed E-state index contributed by atoms with van der Waals surface area (Å²) in [5.41, 5.74) is 4.97. The zero-order valence-corrected chi connectivity index (χ0v) is 15.3. The smallest absolute Gasteiger partial charge is 0.231 e. The van der Waals surface area contributed by atoms with E-state index in [1.165, 1.54) is 0 Å². The van der Waals surface area contributed by atoms with Crippen LogP contribution in [-0.4, -0.2) is 28.2 Å². The summed E-state index contributed by atoms with van der Waals surface area (Å²) in [4.78, 5) is 30.7. The summed E-state index contributed by atoms with van der Waals surface area (Å²) >= 11 is 6.17. The average molecular weight is 380 g/mol. The standard InChI is InChI=1S/C21H18ClN3O2/c22-12-5-6-18-14(9-12)16-11-25(8-7-19(16)23-18)21(27)15-10-20(26)24-17-4-2-1-3-13(15)17/h1-6,9,15,23H,7-8,10-11H2,(H,24,26). The molecule has 0 spiro atoms. The number of aromatic nitrogens is 1. The lowest BCUT2D eigenvalue weighted by atomic mass is 9.88. The van der Waals surface area contributed by atoms with Crippen molar-refractivity contribution in [3.8, 4) is 0 Å². The molecular formula is C21H18ClN3O2. The molecule has 2 aromatic carbocycles. The number of anilines is 1. The van der Waals surface area contributed by atoms with Gasteiger partial charge in [0.2, 0.25) is 11.8 Å². The summed E-state index contributed by atoms with van der Waals surface area (Å²) in [7, 11) is 0. The van der Waals surface area contributed by atoms with Crippen LogP contribution >= 0.6 is 11.6 Å². The quantitative estimate of drug-likeness (QED) is 0.674. The maximum atomic E-state index is 13.3. The van der Waals surface area contributed by atoms with Crippen molar-refractivity contribution in [1.82, 2.24) is 9.88 Å². The molecule has 2 amide bonds. The molecule has 6 heteroatoms. The summed E-state index contributed by atoms with van der Waals surface area (Å²) in [6.07, 6.45) is 0.965. The number of carbonyl (C=O) groups excluding carboxylic acids is 2. The molecule has 0 aliphatic carbocycles. The number of hydrogen-bond donors (Lipinski definition) is 2. The Bertz CT molecular complexity index is 1090. The Labute approximate surface area is 161 Å². The zero-order chi connectivity index (χ0) is 18.5. The van der Waals surface area contributed by atoms with Crippen molar-refractivity contribution in [1.29, 1.82) is 0 Å². The number of fused-ring (bicyclic) bond motifs is 4. The molecule has 0 fully saturated rings. The molecule has 5 rings (SSSR count). The molecule has 0 bridgehead atoms. The first-order valence-electron chi connectivity index (χ1n) is 9.06. The number of benzene rings is 2. The van der Waals surface area contributed by atoms with E-state index in [1.54, 1.807) is 0 Å². The van der Waals surface area contributed by atoms with Gasteiger partial charge in [0.1, 0.15) is 0 Å². The van der Waals surface area contributed by atoms with Gasteiger partial charge in [-0.3, -0.25) is 9.59 Å². The minimum Gasteiger partial charge on any atom is -0.358 e. The molecule has 0 saturated carbocycles. The number of carbonyl (C=O) groups is 2. The van der Waals surface area contributed by atoms with Crippen molar-refractivity contribution in [3.63, 3.8) is 0 Å². The SMILES string of the molecule is O=C1CC(C(=O)N2CCc3[nH]c4ccc(Cl)cc4c3C2)c2ccccc2N1. The van der Waals surface area contributed by atoms with E-state index < -0.39 is 5.92 Å². The van der Waals surface area contributed by atoms with Gasteiger partial charge >= 0.3 is 0 Å². The van der Waals surface area contributed by atoms with Crippen LogP contribution in [0.15, 0.2) is 42.5 Å². The third-order valence-electron chi connectivity index (χ3n) is 5.55. The lowest BCUT2D eigenvalue weighted by molar-refractivity contribution is -0.135. The maximum Gasteiger partial charge on any atom is 0.231 e. The van der Waals surface area contributed by atoms with Crippen molar-refractivity contribution in [2.45, 2.75) is 25.3 Å². The number of nitrogens with zero attached hydrogens (tertiary/aromatic N) is 1. The van der Waals surface area contributed by atoms with Crippen molar-refractivity contribution in [2.75, 3.05) is 11.9 Å². The molecule has 0 radical (unpaired) electrons. The monoisotopic (exact) mass is 379 g/mol. The molecule has 27 heavy (non-hydrogen) atoms. The van der Waals surface area contributed by atoms with Crippen LogP contribution in [-0.2, 0) is 22.6 Å². The van der Waals surface area contributed by atoms with Gasteiger partial charge in [-0.05, 0) is 29.8 Å². The lowest BCUT2D eigenvalue weighted by Crippen LogP contribution is -2.41. The molecule has 2 aliphatic heterocycles. The van der Waals surface area contributed by atoms with Crippen molar-refractivity contribution >= 4 is 40.0 Å². The minimum atomic E-state index is -0.426. The van der Waals surface area contributed by atoms with Crippen molar-refractivity contribution in [3.05, 3.63) is 64.3 Å². The van der Waals surface area contributed by atoms with E-state index in [4.69, 9.17) is 11.6 Å².